The molecule has 2 amide bonds. The summed E-state index contributed by atoms with van der Waals surface area (Å²) in [6.45, 7) is 4.28. The van der Waals surface area contributed by atoms with E-state index in [-0.39, 0.29) is 18.4 Å². The molecule has 0 radical (unpaired) electrons. The number of benzene rings is 2. The molecule has 1 aliphatic heterocycles. The molecular formula is C19H17N3O3S. The van der Waals surface area contributed by atoms with Crippen molar-refractivity contribution in [1.29, 1.82) is 0 Å². The van der Waals surface area contributed by atoms with E-state index >= 15 is 0 Å². The smallest absolute Gasteiger partial charge is 0.276 e. The van der Waals surface area contributed by atoms with Gasteiger partial charge in [0, 0.05) is 34.7 Å². The Bertz CT molecular complexity index is 961. The number of carbonyl (C=O) groups is 2. The Labute approximate surface area is 154 Å². The molecule has 0 fully saturated rings. The highest BCUT2D eigenvalue weighted by Gasteiger charge is 2.32. The molecule has 26 heavy (non-hydrogen) atoms. The van der Waals surface area contributed by atoms with Crippen LogP contribution in [-0.2, 0) is 6.42 Å². The summed E-state index contributed by atoms with van der Waals surface area (Å²) < 4.78 is 5.57. The third-order valence-corrected chi connectivity index (χ3v) is 5.03. The number of carbonyl (C=O) groups excluding carboxylic acids is 2. The number of aromatic nitrogens is 2. The summed E-state index contributed by atoms with van der Waals surface area (Å²) in [5, 5.41) is 10.5. The Balaban J connectivity index is 1.58. The predicted octanol–water partition coefficient (Wildman–Crippen LogP) is 3.56. The van der Waals surface area contributed by atoms with Crippen molar-refractivity contribution in [2.24, 2.45) is 0 Å². The van der Waals surface area contributed by atoms with Gasteiger partial charge in [-0.15, -0.1) is 10.2 Å². The van der Waals surface area contributed by atoms with Crippen LogP contribution < -0.4 is 0 Å². The minimum atomic E-state index is -0.282. The van der Waals surface area contributed by atoms with E-state index in [1.807, 2.05) is 38.1 Å². The van der Waals surface area contributed by atoms with Gasteiger partial charge in [-0.1, -0.05) is 49.9 Å². The Kier molecular flexibility index (Phi) is 4.24. The van der Waals surface area contributed by atoms with E-state index in [0.717, 1.165) is 10.8 Å². The van der Waals surface area contributed by atoms with Crippen LogP contribution in [-0.4, -0.2) is 38.7 Å². The van der Waals surface area contributed by atoms with Crippen molar-refractivity contribution in [1.82, 2.24) is 15.1 Å². The summed E-state index contributed by atoms with van der Waals surface area (Å²) in [5.41, 5.74) is 1.11. The molecule has 0 aliphatic carbocycles. The van der Waals surface area contributed by atoms with Crippen LogP contribution in [0, 0.1) is 0 Å². The SMILES string of the molecule is CC(C)Sc1nnc(CCN2C(=O)c3cccc4cccc(c34)C2=O)o1. The Hall–Kier alpha value is -2.67. The number of imide groups is 1. The van der Waals surface area contributed by atoms with E-state index in [2.05, 4.69) is 10.2 Å². The molecule has 3 aromatic rings. The maximum absolute atomic E-state index is 12.8. The van der Waals surface area contributed by atoms with E-state index in [0.29, 0.717) is 33.9 Å². The number of thioether (sulfide) groups is 1. The first-order valence-corrected chi connectivity index (χ1v) is 9.29. The van der Waals surface area contributed by atoms with Crippen LogP contribution in [0.2, 0.25) is 0 Å². The van der Waals surface area contributed by atoms with Gasteiger partial charge in [-0.2, -0.15) is 0 Å². The van der Waals surface area contributed by atoms with Gasteiger partial charge in [-0.05, 0) is 17.5 Å². The molecule has 0 N–H and O–H groups in total. The van der Waals surface area contributed by atoms with Crippen molar-refractivity contribution < 1.29 is 14.0 Å². The molecule has 1 aliphatic rings. The molecule has 7 heteroatoms. The van der Waals surface area contributed by atoms with Gasteiger partial charge >= 0.3 is 0 Å². The first kappa shape index (κ1) is 16.8. The van der Waals surface area contributed by atoms with Gasteiger partial charge in [0.2, 0.25) is 5.89 Å². The van der Waals surface area contributed by atoms with Crippen LogP contribution in [0.3, 0.4) is 0 Å². The Morgan fingerprint density at radius 2 is 1.69 bits per heavy atom. The van der Waals surface area contributed by atoms with Crippen molar-refractivity contribution in [2.45, 2.75) is 30.7 Å². The normalized spacial score (nSPS) is 13.9. The van der Waals surface area contributed by atoms with Crippen LogP contribution in [0.5, 0.6) is 0 Å². The first-order chi connectivity index (χ1) is 12.5. The molecule has 0 bridgehead atoms. The lowest BCUT2D eigenvalue weighted by Gasteiger charge is -2.26. The fourth-order valence-corrected chi connectivity index (χ4v) is 3.72. The van der Waals surface area contributed by atoms with Crippen molar-refractivity contribution >= 4 is 34.3 Å². The molecule has 0 atom stereocenters. The highest BCUT2D eigenvalue weighted by Crippen LogP contribution is 2.30. The minimum absolute atomic E-state index is 0.205. The van der Waals surface area contributed by atoms with Gasteiger partial charge < -0.3 is 4.42 Å². The number of hydrogen-bond donors (Lipinski definition) is 0. The van der Waals surface area contributed by atoms with Gasteiger partial charge in [0.05, 0.1) is 0 Å². The maximum atomic E-state index is 12.8. The summed E-state index contributed by atoms with van der Waals surface area (Å²) in [6.07, 6.45) is 0.335. The van der Waals surface area contributed by atoms with Gasteiger partial charge in [0.1, 0.15) is 0 Å². The van der Waals surface area contributed by atoms with E-state index < -0.39 is 0 Å². The molecule has 132 valence electrons. The fraction of sp³-hybridized carbons (Fsp3) is 0.263. The Morgan fingerprint density at radius 3 is 2.31 bits per heavy atom. The number of rotatable bonds is 5. The molecular weight excluding hydrogens is 350 g/mol. The van der Waals surface area contributed by atoms with E-state index in [1.165, 1.54) is 16.7 Å². The zero-order chi connectivity index (χ0) is 18.3. The topological polar surface area (TPSA) is 76.3 Å². The fourth-order valence-electron chi connectivity index (χ4n) is 3.08. The van der Waals surface area contributed by atoms with Crippen LogP contribution in [0.4, 0.5) is 0 Å². The standard InChI is InChI=1S/C19H17N3O3S/c1-11(2)26-19-21-20-15(25-19)9-10-22-17(23)13-7-3-5-12-6-4-8-14(16(12)13)18(22)24/h3-8,11H,9-10H2,1-2H3. The predicted molar refractivity (Wildman–Crippen MR) is 98.3 cm³/mol. The monoisotopic (exact) mass is 367 g/mol. The average Bonchev–Trinajstić information content (AvgIpc) is 3.06. The van der Waals surface area contributed by atoms with Gasteiger partial charge in [-0.3, -0.25) is 14.5 Å². The molecule has 6 nitrogen and oxygen atoms in total. The lowest BCUT2D eigenvalue weighted by Crippen LogP contribution is -2.41. The van der Waals surface area contributed by atoms with E-state index in [9.17, 15) is 9.59 Å². The molecule has 1 aromatic heterocycles. The van der Waals surface area contributed by atoms with Crippen LogP contribution >= 0.6 is 11.8 Å². The zero-order valence-electron chi connectivity index (χ0n) is 14.4. The number of nitrogens with zero attached hydrogens (tertiary/aromatic N) is 3. The van der Waals surface area contributed by atoms with Crippen LogP contribution in [0.25, 0.3) is 10.8 Å². The lowest BCUT2D eigenvalue weighted by molar-refractivity contribution is 0.0610. The minimum Gasteiger partial charge on any atom is -0.416 e. The molecule has 0 unspecified atom stereocenters. The quantitative estimate of drug-likeness (QED) is 0.507. The highest BCUT2D eigenvalue weighted by molar-refractivity contribution is 7.99. The molecule has 0 saturated heterocycles. The van der Waals surface area contributed by atoms with Gasteiger partial charge in [0.15, 0.2) is 0 Å². The molecule has 4 rings (SSSR count). The molecule has 2 heterocycles. The van der Waals surface area contributed by atoms with Crippen LogP contribution in [0.15, 0.2) is 46.0 Å². The lowest BCUT2D eigenvalue weighted by atomic mass is 9.94. The Morgan fingerprint density at radius 1 is 1.04 bits per heavy atom. The third kappa shape index (κ3) is 2.88. The van der Waals surface area contributed by atoms with Crippen molar-refractivity contribution in [2.75, 3.05) is 6.54 Å². The molecule has 2 aromatic carbocycles. The second-order valence-corrected chi connectivity index (χ2v) is 7.88. The molecule has 0 saturated carbocycles. The molecule has 0 spiro atoms. The number of amides is 2. The largest absolute Gasteiger partial charge is 0.416 e. The second-order valence-electron chi connectivity index (χ2n) is 6.35. The second kappa shape index (κ2) is 6.57. The van der Waals surface area contributed by atoms with Gasteiger partial charge in [0.25, 0.3) is 17.0 Å². The number of hydrogen-bond acceptors (Lipinski definition) is 6. The van der Waals surface area contributed by atoms with E-state index in [4.69, 9.17) is 4.42 Å². The summed E-state index contributed by atoms with van der Waals surface area (Å²) in [6, 6.07) is 11.0. The summed E-state index contributed by atoms with van der Waals surface area (Å²) in [7, 11) is 0. The zero-order valence-corrected chi connectivity index (χ0v) is 15.2. The highest BCUT2D eigenvalue weighted by atomic mass is 32.2. The van der Waals surface area contributed by atoms with Crippen molar-refractivity contribution in [3.8, 4) is 0 Å². The summed E-state index contributed by atoms with van der Waals surface area (Å²) >= 11 is 1.48. The van der Waals surface area contributed by atoms with Gasteiger partial charge in [-0.25, -0.2) is 0 Å². The summed E-state index contributed by atoms with van der Waals surface area (Å²) in [5.74, 6) is -0.142. The van der Waals surface area contributed by atoms with E-state index in [1.54, 1.807) is 12.1 Å². The third-order valence-electron chi connectivity index (χ3n) is 4.19. The van der Waals surface area contributed by atoms with Crippen molar-refractivity contribution in [3.63, 3.8) is 0 Å². The summed E-state index contributed by atoms with van der Waals surface area (Å²) in [4.78, 5) is 26.9. The average molecular weight is 367 g/mol. The van der Waals surface area contributed by atoms with Crippen molar-refractivity contribution in [3.05, 3.63) is 53.4 Å². The first-order valence-electron chi connectivity index (χ1n) is 8.41. The maximum Gasteiger partial charge on any atom is 0.276 e. The van der Waals surface area contributed by atoms with Crippen LogP contribution in [0.1, 0.15) is 40.5 Å².